The van der Waals surface area contributed by atoms with Gasteiger partial charge in [-0.25, -0.2) is 13.4 Å². The molecule has 2 heterocycles. The third kappa shape index (κ3) is 5.27. The molecule has 2 N–H and O–H groups in total. The molecule has 1 aliphatic rings. The Morgan fingerprint density at radius 3 is 2.70 bits per heavy atom. The Bertz CT molecular complexity index is 894. The lowest BCUT2D eigenvalue weighted by atomic mass is 10.0. The van der Waals surface area contributed by atoms with Crippen LogP contribution in [0, 0.1) is 0 Å². The van der Waals surface area contributed by atoms with Gasteiger partial charge in [0.2, 0.25) is 5.91 Å². The van der Waals surface area contributed by atoms with Crippen molar-refractivity contribution in [2.75, 3.05) is 16.6 Å². The van der Waals surface area contributed by atoms with Crippen molar-refractivity contribution in [1.82, 2.24) is 9.88 Å². The summed E-state index contributed by atoms with van der Waals surface area (Å²) in [6.07, 6.45) is 5.42. The number of likely N-dealkylation sites (tertiary alicyclic amines) is 1. The van der Waals surface area contributed by atoms with Crippen LogP contribution in [0.25, 0.3) is 0 Å². The molecule has 1 atom stereocenters. The summed E-state index contributed by atoms with van der Waals surface area (Å²) in [6, 6.07) is 6.57. The van der Waals surface area contributed by atoms with Gasteiger partial charge >= 0.3 is 0 Å². The first-order valence-electron chi connectivity index (χ1n) is 8.93. The van der Waals surface area contributed by atoms with Crippen molar-refractivity contribution in [2.45, 2.75) is 50.6 Å². The summed E-state index contributed by atoms with van der Waals surface area (Å²) in [5.41, 5.74) is 0.550. The summed E-state index contributed by atoms with van der Waals surface area (Å²) in [6.45, 7) is 5.50. The highest BCUT2D eigenvalue weighted by Crippen LogP contribution is 2.26. The first-order chi connectivity index (χ1) is 12.8. The Hall–Kier alpha value is -1.97. The molecular formula is C18H24N4O3S2. The highest BCUT2D eigenvalue weighted by atomic mass is 32.2. The maximum absolute atomic E-state index is 12.5. The number of hydrogen-bond donors (Lipinski definition) is 2. The van der Waals surface area contributed by atoms with Gasteiger partial charge < -0.3 is 5.32 Å². The van der Waals surface area contributed by atoms with E-state index in [2.05, 4.69) is 26.8 Å². The highest BCUT2D eigenvalue weighted by molar-refractivity contribution is 7.93. The van der Waals surface area contributed by atoms with Gasteiger partial charge in [0.1, 0.15) is 0 Å². The Kier molecular flexibility index (Phi) is 6.13. The molecule has 2 aromatic rings. The van der Waals surface area contributed by atoms with Gasteiger partial charge in [-0.2, -0.15) is 0 Å². The summed E-state index contributed by atoms with van der Waals surface area (Å²) in [4.78, 5) is 18.8. The number of nitrogens with zero attached hydrogens (tertiary/aromatic N) is 2. The number of rotatable bonds is 6. The number of piperidine rings is 1. The fourth-order valence-corrected chi connectivity index (χ4v) is 5.20. The third-order valence-corrected chi connectivity index (χ3v) is 6.94. The van der Waals surface area contributed by atoms with E-state index in [0.717, 1.165) is 18.0 Å². The zero-order valence-electron chi connectivity index (χ0n) is 15.4. The molecule has 1 fully saturated rings. The van der Waals surface area contributed by atoms with Crippen LogP contribution in [0.4, 0.5) is 10.8 Å². The molecule has 0 radical (unpaired) electrons. The number of benzene rings is 1. The Morgan fingerprint density at radius 1 is 1.30 bits per heavy atom. The van der Waals surface area contributed by atoms with Crippen LogP contribution in [-0.2, 0) is 21.4 Å². The zero-order chi connectivity index (χ0) is 19.4. The van der Waals surface area contributed by atoms with E-state index in [1.165, 1.54) is 49.7 Å². The number of aromatic nitrogens is 1. The van der Waals surface area contributed by atoms with Crippen molar-refractivity contribution < 1.29 is 13.2 Å². The van der Waals surface area contributed by atoms with Crippen molar-refractivity contribution in [2.24, 2.45) is 0 Å². The van der Waals surface area contributed by atoms with E-state index < -0.39 is 10.0 Å². The van der Waals surface area contributed by atoms with Gasteiger partial charge in [0.15, 0.2) is 5.13 Å². The summed E-state index contributed by atoms with van der Waals surface area (Å²) >= 11 is 1.36. The van der Waals surface area contributed by atoms with Crippen LogP contribution in [0.1, 0.15) is 38.0 Å². The van der Waals surface area contributed by atoms with Crippen LogP contribution in [0.15, 0.2) is 35.4 Å². The molecular weight excluding hydrogens is 384 g/mol. The Balaban J connectivity index is 1.65. The normalized spacial score (nSPS) is 18.2. The van der Waals surface area contributed by atoms with Crippen molar-refractivity contribution in [3.63, 3.8) is 0 Å². The molecule has 1 amide bonds. The molecule has 9 heteroatoms. The monoisotopic (exact) mass is 408 g/mol. The van der Waals surface area contributed by atoms with Gasteiger partial charge in [-0.05, 0) is 50.6 Å². The molecule has 0 spiro atoms. The standard InChI is InChI=1S/C18H24N4O3S2/c1-13-5-3-4-10-22(13)12-16-11-19-18(26-16)21-27(24,25)17-8-6-15(7-9-17)20-14(2)23/h6-9,11,13H,3-5,10,12H2,1-2H3,(H,19,21)(H,20,23). The molecule has 0 saturated carbocycles. The SMILES string of the molecule is CC(=O)Nc1ccc(S(=O)(=O)Nc2ncc(CN3CCCCC3C)s2)cc1. The molecule has 3 rings (SSSR count). The number of carbonyl (C=O) groups excluding carboxylic acids is 1. The fourth-order valence-electron chi connectivity index (χ4n) is 3.12. The number of amides is 1. The fraction of sp³-hybridized carbons (Fsp3) is 0.444. The topological polar surface area (TPSA) is 91.4 Å². The van der Waals surface area contributed by atoms with Gasteiger partial charge in [-0.15, -0.1) is 0 Å². The summed E-state index contributed by atoms with van der Waals surface area (Å²) < 4.78 is 27.6. The van der Waals surface area contributed by atoms with Gasteiger partial charge in [-0.3, -0.25) is 14.4 Å². The minimum absolute atomic E-state index is 0.123. The van der Waals surface area contributed by atoms with Crippen LogP contribution in [0.5, 0.6) is 0 Å². The van der Waals surface area contributed by atoms with E-state index in [1.807, 2.05) is 0 Å². The lowest BCUT2D eigenvalue weighted by molar-refractivity contribution is -0.114. The molecule has 1 aromatic heterocycles. The van der Waals surface area contributed by atoms with Crippen molar-refractivity contribution >= 4 is 38.1 Å². The lowest BCUT2D eigenvalue weighted by Crippen LogP contribution is -2.36. The van der Waals surface area contributed by atoms with E-state index in [1.54, 1.807) is 18.3 Å². The van der Waals surface area contributed by atoms with Gasteiger partial charge in [-0.1, -0.05) is 17.8 Å². The van der Waals surface area contributed by atoms with E-state index in [-0.39, 0.29) is 10.8 Å². The van der Waals surface area contributed by atoms with E-state index in [0.29, 0.717) is 16.9 Å². The Labute approximate surface area is 163 Å². The summed E-state index contributed by atoms with van der Waals surface area (Å²) in [5.74, 6) is -0.206. The molecule has 1 aromatic carbocycles. The second-order valence-electron chi connectivity index (χ2n) is 6.76. The molecule has 146 valence electrons. The number of carbonyl (C=O) groups is 1. The van der Waals surface area contributed by atoms with E-state index in [4.69, 9.17) is 0 Å². The number of anilines is 2. The number of sulfonamides is 1. The summed E-state index contributed by atoms with van der Waals surface area (Å²) in [7, 11) is -3.72. The average Bonchev–Trinajstić information content (AvgIpc) is 3.03. The number of nitrogens with one attached hydrogen (secondary N) is 2. The van der Waals surface area contributed by atoms with Crippen molar-refractivity contribution in [3.05, 3.63) is 35.3 Å². The largest absolute Gasteiger partial charge is 0.326 e. The lowest BCUT2D eigenvalue weighted by Gasteiger charge is -2.32. The first kappa shape index (κ1) is 19.8. The molecule has 0 aliphatic carbocycles. The zero-order valence-corrected chi connectivity index (χ0v) is 17.1. The Morgan fingerprint density at radius 2 is 2.04 bits per heavy atom. The summed E-state index contributed by atoms with van der Waals surface area (Å²) in [5, 5.41) is 2.97. The van der Waals surface area contributed by atoms with Crippen LogP contribution >= 0.6 is 11.3 Å². The van der Waals surface area contributed by atoms with Crippen molar-refractivity contribution in [3.8, 4) is 0 Å². The predicted octanol–water partition coefficient (Wildman–Crippen LogP) is 3.28. The first-order valence-corrected chi connectivity index (χ1v) is 11.2. The molecule has 1 saturated heterocycles. The minimum atomic E-state index is -3.72. The minimum Gasteiger partial charge on any atom is -0.326 e. The maximum atomic E-state index is 12.5. The van der Waals surface area contributed by atoms with E-state index in [9.17, 15) is 13.2 Å². The van der Waals surface area contributed by atoms with Crippen LogP contribution in [0.2, 0.25) is 0 Å². The van der Waals surface area contributed by atoms with Crippen molar-refractivity contribution in [1.29, 1.82) is 0 Å². The molecule has 1 aliphatic heterocycles. The molecule has 27 heavy (non-hydrogen) atoms. The maximum Gasteiger partial charge on any atom is 0.263 e. The van der Waals surface area contributed by atoms with Gasteiger partial charge in [0.25, 0.3) is 10.0 Å². The third-order valence-electron chi connectivity index (χ3n) is 4.56. The average molecular weight is 409 g/mol. The quantitative estimate of drug-likeness (QED) is 0.765. The molecule has 0 bridgehead atoms. The highest BCUT2D eigenvalue weighted by Gasteiger charge is 2.20. The second-order valence-corrected chi connectivity index (χ2v) is 9.56. The number of thiazole rings is 1. The smallest absolute Gasteiger partial charge is 0.263 e. The second kappa shape index (κ2) is 8.37. The molecule has 1 unspecified atom stereocenters. The van der Waals surface area contributed by atoms with E-state index >= 15 is 0 Å². The molecule has 7 nitrogen and oxygen atoms in total. The van der Waals surface area contributed by atoms with Crippen LogP contribution in [0.3, 0.4) is 0 Å². The van der Waals surface area contributed by atoms with Gasteiger partial charge in [0.05, 0.1) is 4.90 Å². The van der Waals surface area contributed by atoms with Gasteiger partial charge in [0, 0.05) is 36.3 Å². The van der Waals surface area contributed by atoms with Crippen LogP contribution in [-0.4, -0.2) is 36.8 Å². The number of hydrogen-bond acceptors (Lipinski definition) is 6. The van der Waals surface area contributed by atoms with Crippen LogP contribution < -0.4 is 10.0 Å². The predicted molar refractivity (Wildman–Crippen MR) is 107 cm³/mol.